The Balaban J connectivity index is 1.62. The van der Waals surface area contributed by atoms with Gasteiger partial charge in [0.15, 0.2) is 5.82 Å². The van der Waals surface area contributed by atoms with Crippen LogP contribution in [0.5, 0.6) is 0 Å². The molecule has 29 heavy (non-hydrogen) atoms. The molecule has 0 aromatic carbocycles. The number of carbonyl (C=O) groups excluding carboxylic acids is 2. The summed E-state index contributed by atoms with van der Waals surface area (Å²) in [5.41, 5.74) is -0.828. The van der Waals surface area contributed by atoms with Crippen molar-refractivity contribution < 1.29 is 27.3 Å². The zero-order chi connectivity index (χ0) is 21.4. The smallest absolute Gasteiger partial charge is 0.368 e. The standard InChI is InChI=1S/C17H20F3N5O3S/c1-10-7-14(25-28-10)24-16(27)11(2)29-9-15(26)22-6-5-21-13-4-3-12(8-23-13)17(18,19)20/h3-4,7-8,11H,5-6,9H2,1-2H3,(H,21,23)(H,22,26)(H,24,25,27). The molecule has 2 amide bonds. The van der Waals surface area contributed by atoms with E-state index >= 15 is 0 Å². The third-order valence-electron chi connectivity index (χ3n) is 3.56. The van der Waals surface area contributed by atoms with Gasteiger partial charge in [0.2, 0.25) is 11.8 Å². The number of halogens is 3. The molecule has 1 atom stereocenters. The van der Waals surface area contributed by atoms with Crippen molar-refractivity contribution in [1.82, 2.24) is 15.5 Å². The molecule has 0 saturated carbocycles. The number of hydrogen-bond acceptors (Lipinski definition) is 7. The van der Waals surface area contributed by atoms with E-state index in [0.29, 0.717) is 11.6 Å². The molecule has 0 aliphatic carbocycles. The van der Waals surface area contributed by atoms with E-state index in [-0.39, 0.29) is 36.5 Å². The van der Waals surface area contributed by atoms with Crippen LogP contribution < -0.4 is 16.0 Å². The number of nitrogens with one attached hydrogen (secondary N) is 3. The van der Waals surface area contributed by atoms with Crippen LogP contribution in [0, 0.1) is 6.92 Å². The number of carbonyl (C=O) groups is 2. The van der Waals surface area contributed by atoms with Crippen LogP contribution in [0.15, 0.2) is 28.9 Å². The first kappa shape index (κ1) is 22.5. The molecule has 158 valence electrons. The predicted molar refractivity (Wildman–Crippen MR) is 103 cm³/mol. The highest BCUT2D eigenvalue weighted by atomic mass is 32.2. The molecule has 2 aromatic heterocycles. The second kappa shape index (κ2) is 10.1. The molecule has 0 aliphatic heterocycles. The Morgan fingerprint density at radius 2 is 2.00 bits per heavy atom. The zero-order valence-corrected chi connectivity index (χ0v) is 16.5. The molecule has 0 spiro atoms. The molecule has 2 rings (SSSR count). The van der Waals surface area contributed by atoms with Crippen molar-refractivity contribution in [1.29, 1.82) is 0 Å². The Morgan fingerprint density at radius 1 is 1.24 bits per heavy atom. The van der Waals surface area contributed by atoms with Crippen molar-refractivity contribution in [3.63, 3.8) is 0 Å². The Morgan fingerprint density at radius 3 is 2.59 bits per heavy atom. The van der Waals surface area contributed by atoms with Gasteiger partial charge in [0.1, 0.15) is 11.6 Å². The van der Waals surface area contributed by atoms with E-state index < -0.39 is 17.0 Å². The number of nitrogens with zero attached hydrogens (tertiary/aromatic N) is 2. The summed E-state index contributed by atoms with van der Waals surface area (Å²) in [6, 6.07) is 3.73. The number of thioether (sulfide) groups is 1. The summed E-state index contributed by atoms with van der Waals surface area (Å²) in [7, 11) is 0. The third kappa shape index (κ3) is 7.64. The fourth-order valence-corrected chi connectivity index (χ4v) is 2.75. The topological polar surface area (TPSA) is 109 Å². The van der Waals surface area contributed by atoms with Crippen molar-refractivity contribution in [2.75, 3.05) is 29.5 Å². The molecule has 0 radical (unpaired) electrons. The van der Waals surface area contributed by atoms with E-state index in [1.165, 1.54) is 6.07 Å². The number of hydrogen-bond donors (Lipinski definition) is 3. The van der Waals surface area contributed by atoms with Gasteiger partial charge in [-0.3, -0.25) is 9.59 Å². The lowest BCUT2D eigenvalue weighted by Gasteiger charge is -2.11. The molecular weight excluding hydrogens is 411 g/mol. The molecule has 0 fully saturated rings. The average molecular weight is 431 g/mol. The fourth-order valence-electron chi connectivity index (χ4n) is 2.04. The second-order valence-electron chi connectivity index (χ2n) is 5.97. The van der Waals surface area contributed by atoms with Gasteiger partial charge in [-0.25, -0.2) is 4.98 Å². The number of aryl methyl sites for hydroxylation is 1. The molecule has 2 aromatic rings. The van der Waals surface area contributed by atoms with Crippen LogP contribution in [0.2, 0.25) is 0 Å². The normalized spacial score (nSPS) is 12.3. The van der Waals surface area contributed by atoms with Crippen LogP contribution in [-0.4, -0.2) is 46.0 Å². The first-order valence-electron chi connectivity index (χ1n) is 8.55. The van der Waals surface area contributed by atoms with Gasteiger partial charge < -0.3 is 20.5 Å². The minimum absolute atomic E-state index is 0.0744. The van der Waals surface area contributed by atoms with Crippen LogP contribution in [-0.2, 0) is 15.8 Å². The first-order valence-corrected chi connectivity index (χ1v) is 9.59. The number of amides is 2. The highest BCUT2D eigenvalue weighted by molar-refractivity contribution is 8.01. The molecule has 0 aliphatic rings. The van der Waals surface area contributed by atoms with Gasteiger partial charge >= 0.3 is 6.18 Å². The Bertz CT molecular complexity index is 826. The van der Waals surface area contributed by atoms with Gasteiger partial charge in [-0.1, -0.05) is 5.16 Å². The van der Waals surface area contributed by atoms with Crippen molar-refractivity contribution >= 4 is 35.2 Å². The van der Waals surface area contributed by atoms with Crippen LogP contribution in [0.4, 0.5) is 24.8 Å². The maximum atomic E-state index is 12.5. The number of anilines is 2. The van der Waals surface area contributed by atoms with Crippen molar-refractivity contribution in [2.24, 2.45) is 0 Å². The number of rotatable bonds is 9. The van der Waals surface area contributed by atoms with E-state index in [1.54, 1.807) is 19.9 Å². The zero-order valence-electron chi connectivity index (χ0n) is 15.7. The minimum atomic E-state index is -4.43. The lowest BCUT2D eigenvalue weighted by Crippen LogP contribution is -2.32. The van der Waals surface area contributed by atoms with Gasteiger partial charge in [-0.15, -0.1) is 11.8 Å². The Hall–Kier alpha value is -2.76. The fraction of sp³-hybridized carbons (Fsp3) is 0.412. The van der Waals surface area contributed by atoms with Gasteiger partial charge in [0, 0.05) is 25.4 Å². The van der Waals surface area contributed by atoms with E-state index in [2.05, 4.69) is 26.1 Å². The monoisotopic (exact) mass is 431 g/mol. The lowest BCUT2D eigenvalue weighted by molar-refractivity contribution is -0.137. The largest absolute Gasteiger partial charge is 0.417 e. The van der Waals surface area contributed by atoms with Crippen molar-refractivity contribution in [3.05, 3.63) is 35.7 Å². The molecule has 0 saturated heterocycles. The number of alkyl halides is 3. The summed E-state index contributed by atoms with van der Waals surface area (Å²) in [6.07, 6.45) is -3.69. The number of pyridine rings is 1. The summed E-state index contributed by atoms with van der Waals surface area (Å²) in [5.74, 6) is 0.660. The number of aromatic nitrogens is 2. The van der Waals surface area contributed by atoms with Crippen LogP contribution in [0.25, 0.3) is 0 Å². The van der Waals surface area contributed by atoms with Crippen LogP contribution in [0.3, 0.4) is 0 Å². The van der Waals surface area contributed by atoms with E-state index in [4.69, 9.17) is 4.52 Å². The third-order valence-corrected chi connectivity index (χ3v) is 4.70. The molecule has 0 bridgehead atoms. The predicted octanol–water partition coefficient (Wildman–Crippen LogP) is 2.69. The molecule has 2 heterocycles. The minimum Gasteiger partial charge on any atom is -0.368 e. The molecule has 3 N–H and O–H groups in total. The molecule has 1 unspecified atom stereocenters. The van der Waals surface area contributed by atoms with Gasteiger partial charge in [0.25, 0.3) is 0 Å². The quantitative estimate of drug-likeness (QED) is 0.524. The molecule has 8 nitrogen and oxygen atoms in total. The SMILES string of the molecule is Cc1cc(NC(=O)C(C)SCC(=O)NCCNc2ccc(C(F)(F)F)cn2)no1. The van der Waals surface area contributed by atoms with E-state index in [1.807, 2.05) is 0 Å². The van der Waals surface area contributed by atoms with E-state index in [9.17, 15) is 22.8 Å². The summed E-state index contributed by atoms with van der Waals surface area (Å²) in [6.45, 7) is 3.91. The Labute approximate surface area is 169 Å². The summed E-state index contributed by atoms with van der Waals surface area (Å²) >= 11 is 1.16. The molecular formula is C17H20F3N5O3S. The average Bonchev–Trinajstić information content (AvgIpc) is 3.07. The van der Waals surface area contributed by atoms with Gasteiger partial charge in [-0.05, 0) is 26.0 Å². The van der Waals surface area contributed by atoms with Crippen LogP contribution >= 0.6 is 11.8 Å². The van der Waals surface area contributed by atoms with Gasteiger partial charge in [-0.2, -0.15) is 13.2 Å². The molecule has 12 heteroatoms. The highest BCUT2D eigenvalue weighted by Gasteiger charge is 2.30. The first-order chi connectivity index (χ1) is 13.6. The lowest BCUT2D eigenvalue weighted by atomic mass is 10.3. The van der Waals surface area contributed by atoms with Gasteiger partial charge in [0.05, 0.1) is 16.6 Å². The summed E-state index contributed by atoms with van der Waals surface area (Å²) in [5, 5.41) is 11.2. The van der Waals surface area contributed by atoms with Crippen LogP contribution in [0.1, 0.15) is 18.2 Å². The maximum Gasteiger partial charge on any atom is 0.417 e. The van der Waals surface area contributed by atoms with Crippen molar-refractivity contribution in [2.45, 2.75) is 25.3 Å². The Kier molecular flexibility index (Phi) is 7.88. The maximum absolute atomic E-state index is 12.5. The second-order valence-corrected chi connectivity index (χ2v) is 7.30. The van der Waals surface area contributed by atoms with Crippen molar-refractivity contribution in [3.8, 4) is 0 Å². The summed E-state index contributed by atoms with van der Waals surface area (Å²) < 4.78 is 42.2. The van der Waals surface area contributed by atoms with E-state index in [0.717, 1.165) is 24.0 Å². The summed E-state index contributed by atoms with van der Waals surface area (Å²) in [4.78, 5) is 27.5. The highest BCUT2D eigenvalue weighted by Crippen LogP contribution is 2.28.